The highest BCUT2D eigenvalue weighted by Gasteiger charge is 2.29. The molecule has 1 saturated heterocycles. The van der Waals surface area contributed by atoms with Crippen LogP contribution in [0.5, 0.6) is 0 Å². The first-order chi connectivity index (χ1) is 6.95. The Bertz CT molecular complexity index is 237. The van der Waals surface area contributed by atoms with Crippen molar-refractivity contribution in [1.82, 2.24) is 9.80 Å². The van der Waals surface area contributed by atoms with E-state index in [1.807, 2.05) is 23.6 Å². The van der Waals surface area contributed by atoms with Gasteiger partial charge in [-0.05, 0) is 34.1 Å². The van der Waals surface area contributed by atoms with E-state index in [-0.39, 0.29) is 11.9 Å². The van der Waals surface area contributed by atoms with Gasteiger partial charge in [0.1, 0.15) is 0 Å². The quantitative estimate of drug-likeness (QED) is 0.672. The van der Waals surface area contributed by atoms with Gasteiger partial charge in [0.2, 0.25) is 0 Å². The number of hydrogen-bond acceptors (Lipinski definition) is 2. The molecule has 1 rings (SSSR count). The second-order valence-electron chi connectivity index (χ2n) is 4.54. The minimum Gasteiger partial charge on any atom is -0.356 e. The van der Waals surface area contributed by atoms with Gasteiger partial charge in [0, 0.05) is 25.2 Å². The molecule has 86 valence electrons. The fraction of sp³-hybridized carbons (Fsp3) is 0.818. The van der Waals surface area contributed by atoms with Crippen LogP contribution in [-0.4, -0.2) is 45.9 Å². The molecule has 1 heterocycles. The highest BCUT2D eigenvalue weighted by atomic mass is 32.1. The number of amides is 1. The van der Waals surface area contributed by atoms with E-state index in [0.29, 0.717) is 11.0 Å². The predicted molar refractivity (Wildman–Crippen MR) is 65.9 cm³/mol. The summed E-state index contributed by atoms with van der Waals surface area (Å²) in [6.45, 7) is 9.93. The summed E-state index contributed by atoms with van der Waals surface area (Å²) in [6.07, 6.45) is 1.00. The van der Waals surface area contributed by atoms with Crippen molar-refractivity contribution in [2.45, 2.75) is 46.2 Å². The maximum atomic E-state index is 12.0. The third kappa shape index (κ3) is 2.68. The van der Waals surface area contributed by atoms with E-state index in [9.17, 15) is 4.79 Å². The minimum atomic E-state index is 0.0196. The summed E-state index contributed by atoms with van der Waals surface area (Å²) < 4.78 is 0. The van der Waals surface area contributed by atoms with E-state index in [1.54, 1.807) is 0 Å². The fourth-order valence-corrected chi connectivity index (χ4v) is 2.26. The number of thiocarbonyl (C=S) groups is 1. The molecule has 0 aliphatic carbocycles. The average molecular weight is 228 g/mol. The molecule has 0 aromatic carbocycles. The molecule has 0 unspecified atom stereocenters. The smallest absolute Gasteiger partial charge is 0.281 e. The topological polar surface area (TPSA) is 23.6 Å². The Balaban J connectivity index is 2.84. The molecular weight excluding hydrogens is 208 g/mol. The molecule has 1 aliphatic rings. The zero-order valence-corrected chi connectivity index (χ0v) is 10.8. The van der Waals surface area contributed by atoms with Crippen LogP contribution in [0.15, 0.2) is 0 Å². The maximum absolute atomic E-state index is 12.0. The molecule has 15 heavy (non-hydrogen) atoms. The van der Waals surface area contributed by atoms with E-state index in [0.717, 1.165) is 19.5 Å². The number of rotatable bonds is 2. The van der Waals surface area contributed by atoms with Crippen molar-refractivity contribution in [2.75, 3.05) is 13.1 Å². The van der Waals surface area contributed by atoms with Crippen LogP contribution in [0.2, 0.25) is 0 Å². The van der Waals surface area contributed by atoms with Crippen molar-refractivity contribution in [2.24, 2.45) is 0 Å². The Morgan fingerprint density at radius 3 is 2.00 bits per heavy atom. The van der Waals surface area contributed by atoms with Gasteiger partial charge in [0.15, 0.2) is 4.99 Å². The lowest BCUT2D eigenvalue weighted by atomic mass is 10.3. The monoisotopic (exact) mass is 228 g/mol. The highest BCUT2D eigenvalue weighted by Crippen LogP contribution is 2.12. The van der Waals surface area contributed by atoms with Crippen LogP contribution in [0, 0.1) is 0 Å². The molecule has 1 aliphatic heterocycles. The highest BCUT2D eigenvalue weighted by molar-refractivity contribution is 7.82. The van der Waals surface area contributed by atoms with Crippen molar-refractivity contribution in [3.8, 4) is 0 Å². The normalized spacial score (nSPS) is 19.1. The van der Waals surface area contributed by atoms with Gasteiger partial charge in [-0.2, -0.15) is 0 Å². The fourth-order valence-electron chi connectivity index (χ4n) is 1.85. The van der Waals surface area contributed by atoms with E-state index in [1.165, 1.54) is 0 Å². The first-order valence-electron chi connectivity index (χ1n) is 5.56. The molecule has 0 aromatic heterocycles. The molecule has 0 N–H and O–H groups in total. The van der Waals surface area contributed by atoms with Crippen LogP contribution < -0.4 is 0 Å². The van der Waals surface area contributed by atoms with E-state index < -0.39 is 0 Å². The minimum absolute atomic E-state index is 0.0196. The summed E-state index contributed by atoms with van der Waals surface area (Å²) >= 11 is 5.24. The van der Waals surface area contributed by atoms with Crippen LogP contribution in [0.4, 0.5) is 0 Å². The molecule has 0 saturated carbocycles. The van der Waals surface area contributed by atoms with Crippen molar-refractivity contribution in [3.63, 3.8) is 0 Å². The molecule has 1 fully saturated rings. The van der Waals surface area contributed by atoms with Crippen molar-refractivity contribution in [1.29, 1.82) is 0 Å². The van der Waals surface area contributed by atoms with E-state index in [4.69, 9.17) is 12.2 Å². The molecule has 0 radical (unpaired) electrons. The Hall–Kier alpha value is -0.640. The summed E-state index contributed by atoms with van der Waals surface area (Å²) in [4.78, 5) is 16.4. The van der Waals surface area contributed by atoms with Gasteiger partial charge in [0.25, 0.3) is 5.91 Å². The van der Waals surface area contributed by atoms with Crippen molar-refractivity contribution < 1.29 is 4.79 Å². The Morgan fingerprint density at radius 2 is 1.53 bits per heavy atom. The third-order valence-corrected chi connectivity index (χ3v) is 3.16. The number of carbonyl (C=O) groups is 1. The summed E-state index contributed by atoms with van der Waals surface area (Å²) in [5, 5.41) is 0. The van der Waals surface area contributed by atoms with Crippen LogP contribution in [-0.2, 0) is 4.79 Å². The molecule has 1 amide bonds. The van der Waals surface area contributed by atoms with Crippen molar-refractivity contribution in [3.05, 3.63) is 0 Å². The number of hydrogen-bond donors (Lipinski definition) is 0. The lowest BCUT2D eigenvalue weighted by molar-refractivity contribution is -0.125. The first kappa shape index (κ1) is 12.4. The second-order valence-corrected chi connectivity index (χ2v) is 4.92. The van der Waals surface area contributed by atoms with Crippen molar-refractivity contribution >= 4 is 23.1 Å². The van der Waals surface area contributed by atoms with Crippen LogP contribution in [0.3, 0.4) is 0 Å². The molecule has 4 heteroatoms. The van der Waals surface area contributed by atoms with Gasteiger partial charge in [-0.15, -0.1) is 0 Å². The second kappa shape index (κ2) is 4.92. The molecule has 0 spiro atoms. The lowest BCUT2D eigenvalue weighted by Crippen LogP contribution is -2.45. The van der Waals surface area contributed by atoms with Crippen LogP contribution >= 0.6 is 12.2 Å². The lowest BCUT2D eigenvalue weighted by Gasteiger charge is -2.28. The van der Waals surface area contributed by atoms with E-state index in [2.05, 4.69) is 13.8 Å². The number of carbonyl (C=O) groups excluding carboxylic acids is 1. The van der Waals surface area contributed by atoms with Gasteiger partial charge in [-0.1, -0.05) is 12.2 Å². The van der Waals surface area contributed by atoms with Crippen LogP contribution in [0.25, 0.3) is 0 Å². The van der Waals surface area contributed by atoms with Gasteiger partial charge in [-0.25, -0.2) is 0 Å². The van der Waals surface area contributed by atoms with E-state index >= 15 is 0 Å². The molecule has 0 bridgehead atoms. The zero-order valence-electron chi connectivity index (χ0n) is 9.99. The SMILES string of the molecule is CC(C)N1CCCN(C(C)C)C(=S)C1=O. The summed E-state index contributed by atoms with van der Waals surface area (Å²) in [5.74, 6) is 0.0196. The number of nitrogens with zero attached hydrogens (tertiary/aromatic N) is 2. The molecule has 3 nitrogen and oxygen atoms in total. The van der Waals surface area contributed by atoms with Gasteiger partial charge >= 0.3 is 0 Å². The summed E-state index contributed by atoms with van der Waals surface area (Å²) in [6, 6.07) is 0.552. The summed E-state index contributed by atoms with van der Waals surface area (Å²) in [7, 11) is 0. The average Bonchev–Trinajstić information content (AvgIpc) is 2.27. The third-order valence-electron chi connectivity index (χ3n) is 2.75. The maximum Gasteiger partial charge on any atom is 0.281 e. The van der Waals surface area contributed by atoms with Crippen LogP contribution in [0.1, 0.15) is 34.1 Å². The molecule has 0 aromatic rings. The largest absolute Gasteiger partial charge is 0.356 e. The van der Waals surface area contributed by atoms with Gasteiger partial charge in [-0.3, -0.25) is 4.79 Å². The molecule has 0 atom stereocenters. The van der Waals surface area contributed by atoms with Gasteiger partial charge < -0.3 is 9.80 Å². The zero-order chi connectivity index (χ0) is 11.6. The standard InChI is InChI=1S/C11H20N2OS/c1-8(2)12-6-5-7-13(9(3)4)11(15)10(12)14/h8-9H,5-7H2,1-4H3. The Kier molecular flexibility index (Phi) is 4.08. The Morgan fingerprint density at radius 1 is 1.07 bits per heavy atom. The van der Waals surface area contributed by atoms with Gasteiger partial charge in [0.05, 0.1) is 0 Å². The summed E-state index contributed by atoms with van der Waals surface area (Å²) in [5.41, 5.74) is 0. The molecular formula is C11H20N2OS. The predicted octanol–water partition coefficient (Wildman–Crippen LogP) is 1.66. The first-order valence-corrected chi connectivity index (χ1v) is 5.97. The Labute approximate surface area is 97.4 Å².